The highest BCUT2D eigenvalue weighted by Crippen LogP contribution is 2.23. The molecule has 0 amide bonds. The van der Waals surface area contributed by atoms with Crippen molar-refractivity contribution < 1.29 is 4.42 Å². The fraction of sp³-hybridized carbons (Fsp3) is 0.412. The summed E-state index contributed by atoms with van der Waals surface area (Å²) < 4.78 is 6.49. The van der Waals surface area contributed by atoms with Gasteiger partial charge < -0.3 is 9.73 Å². The van der Waals surface area contributed by atoms with Gasteiger partial charge in [0, 0.05) is 22.5 Å². The van der Waals surface area contributed by atoms with Crippen molar-refractivity contribution >= 4 is 15.9 Å². The van der Waals surface area contributed by atoms with Crippen LogP contribution in [0.4, 0.5) is 0 Å². The topological polar surface area (TPSA) is 25.2 Å². The van der Waals surface area contributed by atoms with E-state index in [0.29, 0.717) is 6.04 Å². The van der Waals surface area contributed by atoms with Crippen LogP contribution in [0, 0.1) is 0 Å². The molecular weight excluding hydrogens is 314 g/mol. The van der Waals surface area contributed by atoms with Crippen LogP contribution in [-0.2, 0) is 12.0 Å². The largest absolute Gasteiger partial charge is 0.469 e. The van der Waals surface area contributed by atoms with Crippen LogP contribution < -0.4 is 5.32 Å². The summed E-state index contributed by atoms with van der Waals surface area (Å²) in [5.41, 5.74) is 1.26. The van der Waals surface area contributed by atoms with Crippen molar-refractivity contribution in [3.63, 3.8) is 0 Å². The predicted octanol–water partition coefficient (Wildman–Crippen LogP) is 4.89. The van der Waals surface area contributed by atoms with E-state index >= 15 is 0 Å². The molecule has 1 aromatic heterocycles. The Morgan fingerprint density at radius 1 is 1.20 bits per heavy atom. The molecule has 2 rings (SSSR count). The zero-order valence-corrected chi connectivity index (χ0v) is 13.9. The standard InChI is InChI=1S/C17H22BrNO/c1-13(6-11-16-5-4-12-20-16)19-17(2,3)14-7-9-15(18)10-8-14/h4-5,7-10,12-13,19H,6,11H2,1-3H3. The lowest BCUT2D eigenvalue weighted by Gasteiger charge is -2.31. The van der Waals surface area contributed by atoms with Crippen LogP contribution in [-0.4, -0.2) is 6.04 Å². The first-order chi connectivity index (χ1) is 9.47. The quantitative estimate of drug-likeness (QED) is 0.813. The Morgan fingerprint density at radius 3 is 2.50 bits per heavy atom. The Bertz CT molecular complexity index is 516. The van der Waals surface area contributed by atoms with Crippen LogP contribution in [0.3, 0.4) is 0 Å². The fourth-order valence-electron chi connectivity index (χ4n) is 2.45. The average molecular weight is 336 g/mol. The second kappa shape index (κ2) is 6.59. The number of hydrogen-bond donors (Lipinski definition) is 1. The molecule has 0 radical (unpaired) electrons. The molecule has 0 bridgehead atoms. The van der Waals surface area contributed by atoms with E-state index in [4.69, 9.17) is 4.42 Å². The zero-order valence-electron chi connectivity index (χ0n) is 12.3. The Balaban J connectivity index is 1.91. The van der Waals surface area contributed by atoms with Gasteiger partial charge in [0.05, 0.1) is 6.26 Å². The number of halogens is 1. The van der Waals surface area contributed by atoms with Gasteiger partial charge in [-0.3, -0.25) is 0 Å². The summed E-state index contributed by atoms with van der Waals surface area (Å²) in [6.45, 7) is 6.67. The molecule has 0 saturated carbocycles. The number of nitrogens with one attached hydrogen (secondary N) is 1. The second-order valence-corrected chi connectivity index (χ2v) is 6.71. The number of hydrogen-bond acceptors (Lipinski definition) is 2. The smallest absolute Gasteiger partial charge is 0.103 e. The lowest BCUT2D eigenvalue weighted by molar-refractivity contribution is 0.336. The summed E-state index contributed by atoms with van der Waals surface area (Å²) >= 11 is 3.48. The minimum absolute atomic E-state index is 0.0384. The van der Waals surface area contributed by atoms with Crippen LogP contribution in [0.2, 0.25) is 0 Å². The van der Waals surface area contributed by atoms with Gasteiger partial charge in [0.15, 0.2) is 0 Å². The van der Waals surface area contributed by atoms with E-state index in [2.05, 4.69) is 66.3 Å². The first-order valence-electron chi connectivity index (χ1n) is 7.03. The van der Waals surface area contributed by atoms with Gasteiger partial charge in [-0.2, -0.15) is 0 Å². The first-order valence-corrected chi connectivity index (χ1v) is 7.83. The number of benzene rings is 1. The minimum atomic E-state index is -0.0384. The van der Waals surface area contributed by atoms with E-state index in [1.807, 2.05) is 12.1 Å². The van der Waals surface area contributed by atoms with E-state index in [0.717, 1.165) is 23.1 Å². The average Bonchev–Trinajstić information content (AvgIpc) is 2.89. The van der Waals surface area contributed by atoms with Gasteiger partial charge in [-0.05, 0) is 57.0 Å². The summed E-state index contributed by atoms with van der Waals surface area (Å²) in [5, 5.41) is 3.70. The lowest BCUT2D eigenvalue weighted by Crippen LogP contribution is -2.42. The molecule has 20 heavy (non-hydrogen) atoms. The molecule has 2 nitrogen and oxygen atoms in total. The Kier molecular flexibility index (Phi) is 5.06. The van der Waals surface area contributed by atoms with Crippen LogP contribution in [0.15, 0.2) is 51.6 Å². The maximum Gasteiger partial charge on any atom is 0.103 e. The predicted molar refractivity (Wildman–Crippen MR) is 86.8 cm³/mol. The van der Waals surface area contributed by atoms with E-state index < -0.39 is 0 Å². The monoisotopic (exact) mass is 335 g/mol. The normalized spacial score (nSPS) is 13.4. The summed E-state index contributed by atoms with van der Waals surface area (Å²) in [6, 6.07) is 12.9. The van der Waals surface area contributed by atoms with E-state index in [-0.39, 0.29) is 5.54 Å². The highest BCUT2D eigenvalue weighted by Gasteiger charge is 2.22. The lowest BCUT2D eigenvalue weighted by atomic mass is 9.93. The molecule has 1 heterocycles. The van der Waals surface area contributed by atoms with Gasteiger partial charge in [0.1, 0.15) is 5.76 Å². The minimum Gasteiger partial charge on any atom is -0.469 e. The van der Waals surface area contributed by atoms with E-state index in [1.165, 1.54) is 5.56 Å². The van der Waals surface area contributed by atoms with Crippen LogP contribution in [0.5, 0.6) is 0 Å². The van der Waals surface area contributed by atoms with Gasteiger partial charge in [-0.15, -0.1) is 0 Å². The first kappa shape index (κ1) is 15.3. The molecule has 1 atom stereocenters. The molecule has 0 spiro atoms. The van der Waals surface area contributed by atoms with Crippen molar-refractivity contribution in [2.45, 2.75) is 45.2 Å². The Labute approximate surface area is 129 Å². The van der Waals surface area contributed by atoms with Crippen LogP contribution >= 0.6 is 15.9 Å². The number of furan rings is 1. The van der Waals surface area contributed by atoms with Crippen molar-refractivity contribution in [1.82, 2.24) is 5.32 Å². The Morgan fingerprint density at radius 2 is 1.90 bits per heavy atom. The third kappa shape index (κ3) is 4.22. The molecule has 0 aliphatic carbocycles. The number of rotatable bonds is 6. The van der Waals surface area contributed by atoms with Gasteiger partial charge in [-0.25, -0.2) is 0 Å². The highest BCUT2D eigenvalue weighted by molar-refractivity contribution is 9.10. The van der Waals surface area contributed by atoms with E-state index in [9.17, 15) is 0 Å². The van der Waals surface area contributed by atoms with Crippen molar-refractivity contribution in [2.24, 2.45) is 0 Å². The van der Waals surface area contributed by atoms with Crippen LogP contribution in [0.25, 0.3) is 0 Å². The molecule has 0 aliphatic rings. The van der Waals surface area contributed by atoms with Crippen molar-refractivity contribution in [3.8, 4) is 0 Å². The molecule has 1 N–H and O–H groups in total. The summed E-state index contributed by atoms with van der Waals surface area (Å²) in [4.78, 5) is 0. The number of aryl methyl sites for hydroxylation is 1. The third-order valence-corrected chi connectivity index (χ3v) is 4.11. The van der Waals surface area contributed by atoms with Crippen molar-refractivity contribution in [1.29, 1.82) is 0 Å². The van der Waals surface area contributed by atoms with Gasteiger partial charge in [-0.1, -0.05) is 28.1 Å². The van der Waals surface area contributed by atoms with E-state index in [1.54, 1.807) is 6.26 Å². The molecule has 1 unspecified atom stereocenters. The molecule has 3 heteroatoms. The van der Waals surface area contributed by atoms with Gasteiger partial charge >= 0.3 is 0 Å². The summed E-state index contributed by atoms with van der Waals surface area (Å²) in [5.74, 6) is 1.06. The molecule has 1 aromatic carbocycles. The second-order valence-electron chi connectivity index (χ2n) is 5.80. The molecule has 0 fully saturated rings. The highest BCUT2D eigenvalue weighted by atomic mass is 79.9. The maximum atomic E-state index is 5.38. The third-order valence-electron chi connectivity index (χ3n) is 3.58. The molecule has 2 aromatic rings. The fourth-order valence-corrected chi connectivity index (χ4v) is 2.72. The van der Waals surface area contributed by atoms with Crippen LogP contribution in [0.1, 0.15) is 38.5 Å². The molecule has 108 valence electrons. The molecule has 0 aliphatic heterocycles. The zero-order chi connectivity index (χ0) is 14.6. The maximum absolute atomic E-state index is 5.38. The van der Waals surface area contributed by atoms with Gasteiger partial charge in [0.2, 0.25) is 0 Å². The molecular formula is C17H22BrNO. The SMILES string of the molecule is CC(CCc1ccco1)NC(C)(C)c1ccc(Br)cc1. The summed E-state index contributed by atoms with van der Waals surface area (Å²) in [7, 11) is 0. The van der Waals surface area contributed by atoms with Gasteiger partial charge in [0.25, 0.3) is 0 Å². The Hall–Kier alpha value is -1.06. The molecule has 0 saturated heterocycles. The van der Waals surface area contributed by atoms with Crippen molar-refractivity contribution in [2.75, 3.05) is 0 Å². The van der Waals surface area contributed by atoms with Crippen molar-refractivity contribution in [3.05, 3.63) is 58.5 Å². The summed E-state index contributed by atoms with van der Waals surface area (Å²) in [6.07, 6.45) is 3.77.